The Morgan fingerprint density at radius 2 is 1.75 bits per heavy atom. The van der Waals surface area contributed by atoms with Gasteiger partial charge in [-0.05, 0) is 56.2 Å². The number of hydrazone groups is 1. The van der Waals surface area contributed by atoms with Gasteiger partial charge in [0.25, 0.3) is 5.91 Å². The Hall–Kier alpha value is -3.35. The Morgan fingerprint density at radius 1 is 1.04 bits per heavy atom. The number of rotatable bonds is 7. The van der Waals surface area contributed by atoms with Crippen LogP contribution in [-0.2, 0) is 4.79 Å². The van der Waals surface area contributed by atoms with E-state index in [9.17, 15) is 9.59 Å². The predicted octanol–water partition coefficient (Wildman–Crippen LogP) is 3.46. The second-order valence-electron chi connectivity index (χ2n) is 6.33. The summed E-state index contributed by atoms with van der Waals surface area (Å²) < 4.78 is 10.3. The zero-order valence-electron chi connectivity index (χ0n) is 16.8. The molecule has 0 unspecified atom stereocenters. The normalized spacial score (nSPS) is 11.0. The fourth-order valence-corrected chi connectivity index (χ4v) is 2.54. The third kappa shape index (κ3) is 5.33. The molecular formula is C21H25N3O4. The maximum absolute atomic E-state index is 12.3. The number of nitrogens with zero attached hydrogens (tertiary/aromatic N) is 1. The molecular weight excluding hydrogens is 358 g/mol. The average molecular weight is 383 g/mol. The van der Waals surface area contributed by atoms with Crippen molar-refractivity contribution in [3.63, 3.8) is 0 Å². The second-order valence-corrected chi connectivity index (χ2v) is 6.33. The van der Waals surface area contributed by atoms with Crippen LogP contribution >= 0.6 is 0 Å². The lowest BCUT2D eigenvalue weighted by atomic mass is 10.1. The highest BCUT2D eigenvalue weighted by molar-refractivity contribution is 6.06. The van der Waals surface area contributed by atoms with Crippen LogP contribution in [0.2, 0.25) is 0 Å². The number of amides is 2. The van der Waals surface area contributed by atoms with Crippen molar-refractivity contribution in [2.45, 2.75) is 27.2 Å². The van der Waals surface area contributed by atoms with Crippen LogP contribution in [0.5, 0.6) is 11.5 Å². The van der Waals surface area contributed by atoms with Crippen molar-refractivity contribution in [2.75, 3.05) is 19.5 Å². The van der Waals surface area contributed by atoms with Gasteiger partial charge in [0.15, 0.2) is 11.5 Å². The van der Waals surface area contributed by atoms with E-state index in [-0.39, 0.29) is 12.3 Å². The van der Waals surface area contributed by atoms with E-state index < -0.39 is 5.91 Å². The van der Waals surface area contributed by atoms with Gasteiger partial charge in [-0.3, -0.25) is 9.59 Å². The average Bonchev–Trinajstić information content (AvgIpc) is 2.69. The first kappa shape index (κ1) is 21.0. The molecule has 2 amide bonds. The molecule has 0 aromatic heterocycles. The van der Waals surface area contributed by atoms with Crippen LogP contribution in [0.4, 0.5) is 5.69 Å². The molecule has 148 valence electrons. The Balaban J connectivity index is 1.97. The standard InChI is InChI=1S/C21H25N3O4/c1-13-7-6-8-17(15(13)3)22-20(25)11-14(2)23-24-21(26)16-9-10-18(27-4)19(12-16)28-5/h6-10,12H,11H2,1-5H3,(H,22,25)(H,24,26)/b23-14-. The summed E-state index contributed by atoms with van der Waals surface area (Å²) in [6.45, 7) is 5.62. The van der Waals surface area contributed by atoms with E-state index in [1.165, 1.54) is 14.2 Å². The molecule has 0 aliphatic heterocycles. The number of hydrogen-bond acceptors (Lipinski definition) is 5. The highest BCUT2D eigenvalue weighted by Gasteiger charge is 2.11. The van der Waals surface area contributed by atoms with Crippen LogP contribution in [0.3, 0.4) is 0 Å². The molecule has 0 bridgehead atoms. The maximum atomic E-state index is 12.3. The molecule has 0 saturated carbocycles. The molecule has 0 atom stereocenters. The number of hydrogen-bond donors (Lipinski definition) is 2. The molecule has 2 aromatic rings. The van der Waals surface area contributed by atoms with Crippen LogP contribution in [0, 0.1) is 13.8 Å². The first-order chi connectivity index (χ1) is 13.3. The minimum Gasteiger partial charge on any atom is -0.493 e. The van der Waals surface area contributed by atoms with Crippen molar-refractivity contribution < 1.29 is 19.1 Å². The van der Waals surface area contributed by atoms with Gasteiger partial charge in [-0.15, -0.1) is 0 Å². The van der Waals surface area contributed by atoms with Gasteiger partial charge in [-0.1, -0.05) is 12.1 Å². The molecule has 0 heterocycles. The monoisotopic (exact) mass is 383 g/mol. The number of nitrogens with one attached hydrogen (secondary N) is 2. The largest absolute Gasteiger partial charge is 0.493 e. The van der Waals surface area contributed by atoms with Gasteiger partial charge >= 0.3 is 0 Å². The topological polar surface area (TPSA) is 89.0 Å². The number of aryl methyl sites for hydroxylation is 1. The fourth-order valence-electron chi connectivity index (χ4n) is 2.54. The number of benzene rings is 2. The first-order valence-corrected chi connectivity index (χ1v) is 8.77. The molecule has 7 nitrogen and oxygen atoms in total. The predicted molar refractivity (Wildman–Crippen MR) is 109 cm³/mol. The zero-order valence-corrected chi connectivity index (χ0v) is 16.8. The van der Waals surface area contributed by atoms with Crippen LogP contribution in [0.15, 0.2) is 41.5 Å². The summed E-state index contributed by atoms with van der Waals surface area (Å²) >= 11 is 0. The Labute approximate surface area is 164 Å². The van der Waals surface area contributed by atoms with Crippen molar-refractivity contribution in [1.82, 2.24) is 5.43 Å². The number of anilines is 1. The molecule has 0 aliphatic rings. The van der Waals surface area contributed by atoms with E-state index in [2.05, 4.69) is 15.8 Å². The Morgan fingerprint density at radius 3 is 2.43 bits per heavy atom. The summed E-state index contributed by atoms with van der Waals surface area (Å²) in [5.41, 5.74) is 6.20. The number of methoxy groups -OCH3 is 2. The molecule has 0 spiro atoms. The second kappa shape index (κ2) is 9.55. The number of carbonyl (C=O) groups is 2. The summed E-state index contributed by atoms with van der Waals surface area (Å²) in [7, 11) is 3.02. The van der Waals surface area contributed by atoms with Crippen LogP contribution < -0.4 is 20.2 Å². The van der Waals surface area contributed by atoms with Gasteiger partial charge in [0.05, 0.1) is 20.6 Å². The summed E-state index contributed by atoms with van der Waals surface area (Å²) in [4.78, 5) is 24.5. The molecule has 0 fully saturated rings. The molecule has 28 heavy (non-hydrogen) atoms. The van der Waals surface area contributed by atoms with Crippen molar-refractivity contribution >= 4 is 23.2 Å². The van der Waals surface area contributed by atoms with Crippen LogP contribution in [0.25, 0.3) is 0 Å². The molecule has 7 heteroatoms. The third-order valence-electron chi connectivity index (χ3n) is 4.29. The molecule has 2 aromatic carbocycles. The van der Waals surface area contributed by atoms with E-state index in [0.717, 1.165) is 16.8 Å². The van der Waals surface area contributed by atoms with Crippen molar-refractivity contribution in [3.05, 3.63) is 53.1 Å². The number of carbonyl (C=O) groups excluding carboxylic acids is 2. The lowest BCUT2D eigenvalue weighted by molar-refractivity contribution is -0.115. The van der Waals surface area contributed by atoms with Crippen molar-refractivity contribution in [3.8, 4) is 11.5 Å². The summed E-state index contributed by atoms with van der Waals surface area (Å²) in [5, 5.41) is 6.87. The highest BCUT2D eigenvalue weighted by atomic mass is 16.5. The van der Waals surface area contributed by atoms with Gasteiger partial charge < -0.3 is 14.8 Å². The lowest BCUT2D eigenvalue weighted by Crippen LogP contribution is -2.21. The summed E-state index contributed by atoms with van der Waals surface area (Å²) in [6.07, 6.45) is 0.0690. The van der Waals surface area contributed by atoms with E-state index in [4.69, 9.17) is 9.47 Å². The Bertz CT molecular complexity index is 907. The van der Waals surface area contributed by atoms with E-state index in [1.807, 2.05) is 32.0 Å². The zero-order chi connectivity index (χ0) is 20.7. The van der Waals surface area contributed by atoms with Gasteiger partial charge in [-0.25, -0.2) is 5.43 Å². The molecule has 0 radical (unpaired) electrons. The van der Waals surface area contributed by atoms with Gasteiger partial charge in [-0.2, -0.15) is 5.10 Å². The SMILES string of the molecule is COc1ccc(C(=O)N/N=C(/C)CC(=O)Nc2cccc(C)c2C)cc1OC. The Kier molecular flexibility index (Phi) is 7.14. The van der Waals surface area contributed by atoms with Crippen LogP contribution in [-0.4, -0.2) is 31.7 Å². The number of ether oxygens (including phenoxy) is 2. The van der Waals surface area contributed by atoms with E-state index in [0.29, 0.717) is 22.8 Å². The van der Waals surface area contributed by atoms with Crippen molar-refractivity contribution in [1.29, 1.82) is 0 Å². The lowest BCUT2D eigenvalue weighted by Gasteiger charge is -2.10. The van der Waals surface area contributed by atoms with Crippen molar-refractivity contribution in [2.24, 2.45) is 5.10 Å². The minimum atomic E-state index is -0.407. The molecule has 2 rings (SSSR count). The van der Waals surface area contributed by atoms with E-state index in [1.54, 1.807) is 25.1 Å². The first-order valence-electron chi connectivity index (χ1n) is 8.77. The molecule has 2 N–H and O–H groups in total. The van der Waals surface area contributed by atoms with Gasteiger partial charge in [0.2, 0.25) is 5.91 Å². The summed E-state index contributed by atoms with van der Waals surface area (Å²) in [6, 6.07) is 10.5. The third-order valence-corrected chi connectivity index (χ3v) is 4.29. The van der Waals surface area contributed by atoms with Gasteiger partial charge in [0, 0.05) is 17.0 Å². The van der Waals surface area contributed by atoms with Crippen LogP contribution in [0.1, 0.15) is 34.8 Å². The molecule has 0 saturated heterocycles. The summed E-state index contributed by atoms with van der Waals surface area (Å²) in [5.74, 6) is 0.371. The highest BCUT2D eigenvalue weighted by Crippen LogP contribution is 2.27. The smallest absolute Gasteiger partial charge is 0.271 e. The van der Waals surface area contributed by atoms with E-state index >= 15 is 0 Å². The maximum Gasteiger partial charge on any atom is 0.271 e. The van der Waals surface area contributed by atoms with Gasteiger partial charge in [0.1, 0.15) is 0 Å². The minimum absolute atomic E-state index is 0.0690. The quantitative estimate of drug-likeness (QED) is 0.566. The fraction of sp³-hybridized carbons (Fsp3) is 0.286. The molecule has 0 aliphatic carbocycles.